The lowest BCUT2D eigenvalue weighted by Gasteiger charge is -2.06. The number of halogens is 1. The number of fused-ring (bicyclic) bond motifs is 1. The molecule has 0 spiro atoms. The molecule has 0 radical (unpaired) electrons. The second-order valence-electron chi connectivity index (χ2n) is 4.86. The van der Waals surface area contributed by atoms with E-state index in [-0.39, 0.29) is 11.8 Å². The average molecular weight is 330 g/mol. The van der Waals surface area contributed by atoms with Crippen molar-refractivity contribution >= 4 is 29.0 Å². The Hall–Kier alpha value is -2.54. The van der Waals surface area contributed by atoms with Crippen LogP contribution in [0.3, 0.4) is 0 Å². The number of carbonyl (C=O) groups excluding carboxylic acids is 1. The van der Waals surface area contributed by atoms with E-state index in [0.29, 0.717) is 23.7 Å². The first kappa shape index (κ1) is 15.4. The predicted octanol–water partition coefficient (Wildman–Crippen LogP) is 3.25. The number of hydrogen-bond acceptors (Lipinski definition) is 3. The summed E-state index contributed by atoms with van der Waals surface area (Å²) in [6.45, 7) is 0.355. The van der Waals surface area contributed by atoms with Crippen molar-refractivity contribution in [1.29, 1.82) is 0 Å². The van der Waals surface area contributed by atoms with Crippen LogP contribution in [-0.2, 0) is 6.42 Å². The number of hydrogen-bond donors (Lipinski definition) is 3. The van der Waals surface area contributed by atoms with Crippen molar-refractivity contribution in [3.8, 4) is 0 Å². The first-order valence-electron chi connectivity index (χ1n) is 7.11. The zero-order chi connectivity index (χ0) is 16.1. The Morgan fingerprint density at radius 3 is 2.78 bits per heavy atom. The number of para-hydroxylation sites is 2. The van der Waals surface area contributed by atoms with Crippen LogP contribution in [-0.4, -0.2) is 22.5 Å². The number of amides is 2. The van der Waals surface area contributed by atoms with E-state index in [4.69, 9.17) is 0 Å². The minimum atomic E-state index is -0.341. The van der Waals surface area contributed by atoms with Gasteiger partial charge in [0, 0.05) is 18.5 Å². The topological polar surface area (TPSA) is 69.8 Å². The van der Waals surface area contributed by atoms with E-state index >= 15 is 0 Å². The van der Waals surface area contributed by atoms with Gasteiger partial charge in [-0.3, -0.25) is 4.72 Å². The van der Waals surface area contributed by atoms with Gasteiger partial charge in [-0.25, -0.2) is 14.2 Å². The molecule has 0 aliphatic rings. The quantitative estimate of drug-likeness (QED) is 0.629. The van der Waals surface area contributed by atoms with Crippen molar-refractivity contribution in [2.24, 2.45) is 0 Å². The van der Waals surface area contributed by atoms with E-state index in [1.54, 1.807) is 18.2 Å². The second-order valence-corrected chi connectivity index (χ2v) is 5.66. The number of imidazole rings is 1. The minimum absolute atomic E-state index is 0.258. The van der Waals surface area contributed by atoms with Gasteiger partial charge in [-0.15, -0.1) is 0 Å². The maximum absolute atomic E-state index is 13.4. The molecule has 2 aromatic carbocycles. The molecule has 1 heterocycles. The summed E-state index contributed by atoms with van der Waals surface area (Å²) in [7, 11) is 0. The molecule has 5 nitrogen and oxygen atoms in total. The van der Waals surface area contributed by atoms with Gasteiger partial charge in [-0.2, -0.15) is 0 Å². The molecule has 0 bridgehead atoms. The van der Waals surface area contributed by atoms with Gasteiger partial charge in [0.15, 0.2) is 5.16 Å². The summed E-state index contributed by atoms with van der Waals surface area (Å²) >= 11 is 1.10. The monoisotopic (exact) mass is 330 g/mol. The SMILES string of the molecule is O=C(NCCc1ccccc1F)NSc1nc2ccccc2[nH]1. The van der Waals surface area contributed by atoms with Crippen LogP contribution < -0.4 is 10.0 Å². The van der Waals surface area contributed by atoms with Crippen LogP contribution in [0.2, 0.25) is 0 Å². The fourth-order valence-electron chi connectivity index (χ4n) is 2.12. The molecule has 3 rings (SSSR count). The number of benzene rings is 2. The van der Waals surface area contributed by atoms with Gasteiger partial charge in [0.1, 0.15) is 5.82 Å². The summed E-state index contributed by atoms with van der Waals surface area (Å²) in [5.41, 5.74) is 2.34. The molecular weight excluding hydrogens is 315 g/mol. The van der Waals surface area contributed by atoms with Crippen LogP contribution >= 0.6 is 11.9 Å². The van der Waals surface area contributed by atoms with Gasteiger partial charge in [-0.1, -0.05) is 30.3 Å². The van der Waals surface area contributed by atoms with Crippen LogP contribution in [0.4, 0.5) is 9.18 Å². The second kappa shape index (κ2) is 7.15. The van der Waals surface area contributed by atoms with Gasteiger partial charge in [0.2, 0.25) is 0 Å². The molecule has 0 aliphatic carbocycles. The number of nitrogens with one attached hydrogen (secondary N) is 3. The minimum Gasteiger partial charge on any atom is -0.337 e. The smallest absolute Gasteiger partial charge is 0.325 e. The Morgan fingerprint density at radius 1 is 1.17 bits per heavy atom. The highest BCUT2D eigenvalue weighted by molar-refractivity contribution is 7.97. The number of carbonyl (C=O) groups is 1. The standard InChI is InChI=1S/C16H15FN4OS/c17-12-6-2-1-5-11(12)9-10-18-15(22)21-23-16-19-13-7-3-4-8-14(13)20-16/h1-8H,9-10H2,(H,19,20)(H2,18,21,22). The maximum Gasteiger partial charge on any atom is 0.325 e. The third-order valence-electron chi connectivity index (χ3n) is 3.25. The Morgan fingerprint density at radius 2 is 1.96 bits per heavy atom. The van der Waals surface area contributed by atoms with Gasteiger partial charge >= 0.3 is 6.03 Å². The number of aromatic amines is 1. The molecule has 0 aliphatic heterocycles. The Kier molecular flexibility index (Phi) is 4.77. The fourth-order valence-corrected chi connectivity index (χ4v) is 2.69. The molecule has 23 heavy (non-hydrogen) atoms. The van der Waals surface area contributed by atoms with Crippen LogP contribution in [0.5, 0.6) is 0 Å². The molecule has 0 fully saturated rings. The predicted molar refractivity (Wildman–Crippen MR) is 88.6 cm³/mol. The molecule has 0 saturated carbocycles. The lowest BCUT2D eigenvalue weighted by Crippen LogP contribution is -2.32. The van der Waals surface area contributed by atoms with E-state index in [1.807, 2.05) is 24.3 Å². The molecule has 1 aromatic heterocycles. The zero-order valence-corrected chi connectivity index (χ0v) is 13.0. The normalized spacial score (nSPS) is 10.7. The number of rotatable bonds is 5. The third kappa shape index (κ3) is 4.01. The van der Waals surface area contributed by atoms with Crippen molar-refractivity contribution in [3.63, 3.8) is 0 Å². The Labute approximate surface area is 136 Å². The van der Waals surface area contributed by atoms with E-state index in [9.17, 15) is 9.18 Å². The average Bonchev–Trinajstić information content (AvgIpc) is 2.98. The van der Waals surface area contributed by atoms with Gasteiger partial charge < -0.3 is 10.3 Å². The molecule has 3 N–H and O–H groups in total. The number of urea groups is 1. The van der Waals surface area contributed by atoms with E-state index < -0.39 is 0 Å². The third-order valence-corrected chi connectivity index (χ3v) is 3.92. The lowest BCUT2D eigenvalue weighted by molar-refractivity contribution is 0.246. The molecule has 3 aromatic rings. The highest BCUT2D eigenvalue weighted by atomic mass is 32.2. The van der Waals surface area contributed by atoms with Crippen molar-refractivity contribution < 1.29 is 9.18 Å². The summed E-state index contributed by atoms with van der Waals surface area (Å²) < 4.78 is 16.1. The molecule has 0 unspecified atom stereocenters. The molecule has 118 valence electrons. The lowest BCUT2D eigenvalue weighted by atomic mass is 10.1. The number of aromatic nitrogens is 2. The number of H-pyrrole nitrogens is 1. The van der Waals surface area contributed by atoms with Crippen molar-refractivity contribution in [3.05, 3.63) is 59.9 Å². The molecule has 0 saturated heterocycles. The van der Waals surface area contributed by atoms with Gasteiger partial charge in [0.05, 0.1) is 11.0 Å². The van der Waals surface area contributed by atoms with Crippen LogP contribution in [0.1, 0.15) is 5.56 Å². The molecule has 7 heteroatoms. The summed E-state index contributed by atoms with van der Waals surface area (Å²) in [6, 6.07) is 13.8. The first-order chi connectivity index (χ1) is 11.2. The van der Waals surface area contributed by atoms with E-state index in [1.165, 1.54) is 6.07 Å². The largest absolute Gasteiger partial charge is 0.337 e. The van der Waals surface area contributed by atoms with Gasteiger partial charge in [0.25, 0.3) is 0 Å². The number of nitrogens with zero attached hydrogens (tertiary/aromatic N) is 1. The van der Waals surface area contributed by atoms with E-state index in [0.717, 1.165) is 23.0 Å². The van der Waals surface area contributed by atoms with Crippen molar-refractivity contribution in [1.82, 2.24) is 20.0 Å². The van der Waals surface area contributed by atoms with Gasteiger partial charge in [-0.05, 0) is 30.2 Å². The Balaban J connectivity index is 1.45. The van der Waals surface area contributed by atoms with Crippen LogP contribution in [0.15, 0.2) is 53.7 Å². The fraction of sp³-hybridized carbons (Fsp3) is 0.125. The van der Waals surface area contributed by atoms with Crippen LogP contribution in [0, 0.1) is 5.82 Å². The first-order valence-corrected chi connectivity index (χ1v) is 7.93. The summed E-state index contributed by atoms with van der Waals surface area (Å²) in [5.74, 6) is -0.258. The summed E-state index contributed by atoms with van der Waals surface area (Å²) in [5, 5.41) is 3.29. The molecular formula is C16H15FN4OS. The molecule has 0 atom stereocenters. The van der Waals surface area contributed by atoms with E-state index in [2.05, 4.69) is 20.0 Å². The highest BCUT2D eigenvalue weighted by Gasteiger charge is 2.06. The zero-order valence-electron chi connectivity index (χ0n) is 12.2. The summed E-state index contributed by atoms with van der Waals surface area (Å²) in [6.07, 6.45) is 0.440. The van der Waals surface area contributed by atoms with Crippen molar-refractivity contribution in [2.75, 3.05) is 6.54 Å². The highest BCUT2D eigenvalue weighted by Crippen LogP contribution is 2.16. The summed E-state index contributed by atoms with van der Waals surface area (Å²) in [4.78, 5) is 19.2. The maximum atomic E-state index is 13.4. The molecule has 2 amide bonds. The van der Waals surface area contributed by atoms with Crippen LogP contribution in [0.25, 0.3) is 11.0 Å². The Bertz CT molecular complexity index is 787. The van der Waals surface area contributed by atoms with Crippen molar-refractivity contribution in [2.45, 2.75) is 11.6 Å².